The van der Waals surface area contributed by atoms with Gasteiger partial charge in [0.05, 0.1) is 14.2 Å². The van der Waals surface area contributed by atoms with E-state index < -0.39 is 23.7 Å². The molecule has 2 N–H and O–H groups in total. The number of benzene rings is 1. The zero-order valence-electron chi connectivity index (χ0n) is 15.4. The number of hydrogen-bond acceptors (Lipinski definition) is 7. The molecule has 8 nitrogen and oxygen atoms in total. The summed E-state index contributed by atoms with van der Waals surface area (Å²) in [4.78, 5) is 27.8. The highest BCUT2D eigenvalue weighted by Crippen LogP contribution is 2.27. The van der Waals surface area contributed by atoms with Gasteiger partial charge in [0.15, 0.2) is 17.2 Å². The van der Waals surface area contributed by atoms with Crippen LogP contribution < -0.4 is 14.8 Å². The molecule has 1 atom stereocenters. The largest absolute Gasteiger partial charge is 0.503 e. The van der Waals surface area contributed by atoms with Crippen LogP contribution in [0.1, 0.15) is 23.0 Å². The van der Waals surface area contributed by atoms with Crippen molar-refractivity contribution >= 4 is 11.9 Å². The number of aromatic nitrogens is 1. The number of nitrogens with zero attached hydrogens (tertiary/aromatic N) is 1. The van der Waals surface area contributed by atoms with Crippen molar-refractivity contribution in [2.24, 2.45) is 0 Å². The Balaban J connectivity index is 1.88. The van der Waals surface area contributed by atoms with E-state index >= 15 is 0 Å². The molecule has 2 rings (SSSR count). The molecule has 0 spiro atoms. The van der Waals surface area contributed by atoms with Gasteiger partial charge >= 0.3 is 5.97 Å². The molecule has 0 saturated heterocycles. The first-order valence-electron chi connectivity index (χ1n) is 8.27. The zero-order chi connectivity index (χ0) is 19.8. The number of methoxy groups -OCH3 is 2. The van der Waals surface area contributed by atoms with Crippen LogP contribution in [-0.2, 0) is 16.0 Å². The van der Waals surface area contributed by atoms with Gasteiger partial charge in [-0.05, 0) is 18.6 Å². The molecule has 1 heterocycles. The lowest BCUT2D eigenvalue weighted by Gasteiger charge is -2.15. The first-order valence-corrected chi connectivity index (χ1v) is 8.27. The van der Waals surface area contributed by atoms with Crippen LogP contribution in [0, 0.1) is 0 Å². The van der Waals surface area contributed by atoms with E-state index in [0.29, 0.717) is 12.2 Å². The van der Waals surface area contributed by atoms with Crippen LogP contribution in [0.5, 0.6) is 17.2 Å². The number of aromatic hydroxyl groups is 1. The molecular formula is C19H22N2O6. The average molecular weight is 374 g/mol. The lowest BCUT2D eigenvalue weighted by molar-refractivity contribution is -0.146. The molecule has 0 aliphatic heterocycles. The van der Waals surface area contributed by atoms with Crippen molar-refractivity contribution < 1.29 is 28.9 Å². The zero-order valence-corrected chi connectivity index (χ0v) is 15.4. The molecule has 1 unspecified atom stereocenters. The van der Waals surface area contributed by atoms with Crippen LogP contribution in [0.4, 0.5) is 0 Å². The molecule has 1 amide bonds. The number of pyridine rings is 1. The number of esters is 1. The van der Waals surface area contributed by atoms with Gasteiger partial charge in [-0.25, -0.2) is 4.98 Å². The van der Waals surface area contributed by atoms with Crippen LogP contribution in [0.3, 0.4) is 0 Å². The number of hydrogen-bond donors (Lipinski definition) is 2. The van der Waals surface area contributed by atoms with Gasteiger partial charge in [-0.15, -0.1) is 0 Å². The molecule has 2 aromatic rings. The second-order valence-electron chi connectivity index (χ2n) is 5.71. The Kier molecular flexibility index (Phi) is 6.99. The van der Waals surface area contributed by atoms with Crippen LogP contribution in [0.15, 0.2) is 36.5 Å². The van der Waals surface area contributed by atoms with Gasteiger partial charge in [-0.3, -0.25) is 9.59 Å². The van der Waals surface area contributed by atoms with Gasteiger partial charge in [-0.2, -0.15) is 0 Å². The van der Waals surface area contributed by atoms with Gasteiger partial charge in [0, 0.05) is 18.7 Å². The number of nitrogens with one attached hydrogen (secondary N) is 1. The van der Waals surface area contributed by atoms with Crippen molar-refractivity contribution in [1.29, 1.82) is 0 Å². The highest BCUT2D eigenvalue weighted by atomic mass is 16.5. The fraction of sp³-hybridized carbons (Fsp3) is 0.316. The number of amides is 1. The fourth-order valence-corrected chi connectivity index (χ4v) is 2.49. The van der Waals surface area contributed by atoms with E-state index in [9.17, 15) is 14.7 Å². The minimum atomic E-state index is -0.708. The minimum Gasteiger partial charge on any atom is -0.503 e. The Labute approximate surface area is 157 Å². The Morgan fingerprint density at radius 3 is 2.56 bits per heavy atom. The first-order chi connectivity index (χ1) is 13.0. The molecule has 1 aromatic carbocycles. The summed E-state index contributed by atoms with van der Waals surface area (Å²) in [5.41, 5.74) is 0.680. The molecule has 0 aliphatic carbocycles. The van der Waals surface area contributed by atoms with Crippen LogP contribution in [0.25, 0.3) is 0 Å². The van der Waals surface area contributed by atoms with Gasteiger partial charge in [0.25, 0.3) is 5.91 Å². The van der Waals surface area contributed by atoms with E-state index in [4.69, 9.17) is 14.2 Å². The van der Waals surface area contributed by atoms with Crippen molar-refractivity contribution in [3.8, 4) is 17.2 Å². The lowest BCUT2D eigenvalue weighted by atomic mass is 10.1. The van der Waals surface area contributed by atoms with Crippen molar-refractivity contribution in [2.45, 2.75) is 19.4 Å². The lowest BCUT2D eigenvalue weighted by Crippen LogP contribution is -2.33. The molecule has 144 valence electrons. The Morgan fingerprint density at radius 2 is 1.85 bits per heavy atom. The van der Waals surface area contributed by atoms with Gasteiger partial charge < -0.3 is 24.6 Å². The van der Waals surface area contributed by atoms with E-state index in [1.807, 2.05) is 24.3 Å². The van der Waals surface area contributed by atoms with Crippen LogP contribution in [0.2, 0.25) is 0 Å². The highest BCUT2D eigenvalue weighted by molar-refractivity contribution is 5.97. The number of carbonyl (C=O) groups is 2. The maximum atomic E-state index is 12.1. The van der Waals surface area contributed by atoms with Crippen molar-refractivity contribution in [3.05, 3.63) is 47.8 Å². The summed E-state index contributed by atoms with van der Waals surface area (Å²) < 4.78 is 15.5. The Hall–Kier alpha value is -3.29. The van der Waals surface area contributed by atoms with Crippen LogP contribution in [-0.4, -0.2) is 48.8 Å². The van der Waals surface area contributed by atoms with Gasteiger partial charge in [-0.1, -0.05) is 18.2 Å². The van der Waals surface area contributed by atoms with E-state index in [2.05, 4.69) is 10.3 Å². The molecule has 0 bridgehead atoms. The van der Waals surface area contributed by atoms with Crippen molar-refractivity contribution in [2.75, 3.05) is 20.8 Å². The quantitative estimate of drug-likeness (QED) is 0.677. The molecule has 0 fully saturated rings. The molecule has 0 radical (unpaired) electrons. The monoisotopic (exact) mass is 374 g/mol. The summed E-state index contributed by atoms with van der Waals surface area (Å²) in [6.07, 6.45) is 1.39. The number of rotatable bonds is 8. The molecule has 8 heteroatoms. The Morgan fingerprint density at radius 1 is 1.15 bits per heavy atom. The smallest absolute Gasteiger partial charge is 0.325 e. The maximum Gasteiger partial charge on any atom is 0.325 e. The fourth-order valence-electron chi connectivity index (χ4n) is 2.49. The molecule has 1 aromatic heterocycles. The van der Waals surface area contributed by atoms with E-state index in [0.717, 1.165) is 5.56 Å². The molecule has 0 aliphatic rings. The average Bonchev–Trinajstić information content (AvgIpc) is 2.66. The second kappa shape index (κ2) is 9.42. The third kappa shape index (κ3) is 5.34. The number of para-hydroxylation sites is 1. The van der Waals surface area contributed by atoms with E-state index in [1.165, 1.54) is 19.4 Å². The summed E-state index contributed by atoms with van der Waals surface area (Å²) in [5, 5.41) is 12.3. The van der Waals surface area contributed by atoms with Crippen molar-refractivity contribution in [1.82, 2.24) is 10.3 Å². The molecule has 27 heavy (non-hydrogen) atoms. The topological polar surface area (TPSA) is 107 Å². The van der Waals surface area contributed by atoms with E-state index in [-0.39, 0.29) is 18.0 Å². The minimum absolute atomic E-state index is 0.114. The summed E-state index contributed by atoms with van der Waals surface area (Å²) in [7, 11) is 2.93. The third-order valence-electron chi connectivity index (χ3n) is 3.75. The third-order valence-corrected chi connectivity index (χ3v) is 3.75. The van der Waals surface area contributed by atoms with Gasteiger partial charge in [0.1, 0.15) is 18.4 Å². The van der Waals surface area contributed by atoms with Gasteiger partial charge in [0.2, 0.25) is 0 Å². The summed E-state index contributed by atoms with van der Waals surface area (Å²) in [6, 6.07) is 8.87. The SMILES string of the molecule is COc1ccccc1CC(C)OC(=O)CNC(=O)c1nccc(OC)c1O. The summed E-state index contributed by atoms with van der Waals surface area (Å²) in [5.74, 6) is -0.874. The summed E-state index contributed by atoms with van der Waals surface area (Å²) in [6.45, 7) is 1.40. The molecule has 0 saturated carbocycles. The Bertz CT molecular complexity index is 809. The molecular weight excluding hydrogens is 352 g/mol. The standard InChI is InChI=1S/C19H22N2O6/c1-12(10-13-6-4-5-7-14(13)25-2)27-16(22)11-21-19(24)17-18(23)15(26-3)8-9-20-17/h4-9,12,23H,10-11H2,1-3H3,(H,21,24). The van der Waals surface area contributed by atoms with Crippen LogP contribution >= 0.6 is 0 Å². The number of ether oxygens (including phenoxy) is 3. The maximum absolute atomic E-state index is 12.1. The van der Waals surface area contributed by atoms with E-state index in [1.54, 1.807) is 14.0 Å². The summed E-state index contributed by atoms with van der Waals surface area (Å²) >= 11 is 0. The van der Waals surface area contributed by atoms with Crippen molar-refractivity contribution in [3.63, 3.8) is 0 Å². The normalized spacial score (nSPS) is 11.4. The highest BCUT2D eigenvalue weighted by Gasteiger charge is 2.18. The predicted molar refractivity (Wildman–Crippen MR) is 97.0 cm³/mol. The number of carbonyl (C=O) groups excluding carboxylic acids is 2. The predicted octanol–water partition coefficient (Wildman–Crippen LogP) is 1.71. The second-order valence-corrected chi connectivity index (χ2v) is 5.71. The first kappa shape index (κ1) is 20.0.